The summed E-state index contributed by atoms with van der Waals surface area (Å²) in [6.07, 6.45) is 0.112. The fraction of sp³-hybridized carbons (Fsp3) is 0.133. The molecule has 0 spiro atoms. The quantitative estimate of drug-likeness (QED) is 0.419. The van der Waals surface area contributed by atoms with Crippen molar-refractivity contribution >= 4 is 58.3 Å². The lowest BCUT2D eigenvalue weighted by Gasteiger charge is -2.08. The molecular formula is C15H9Cl4NO4. The highest BCUT2D eigenvalue weighted by atomic mass is 35.5. The molecule has 2 rings (SSSR count). The Morgan fingerprint density at radius 3 is 2.21 bits per heavy atom. The predicted octanol–water partition coefficient (Wildman–Crippen LogP) is 4.63. The van der Waals surface area contributed by atoms with Gasteiger partial charge in [-0.2, -0.15) is 0 Å². The molecule has 0 atom stereocenters. The first-order valence-electron chi connectivity index (χ1n) is 6.41. The largest absolute Gasteiger partial charge is 0.469 e. The van der Waals surface area contributed by atoms with E-state index in [0.29, 0.717) is 5.56 Å². The number of rotatable bonds is 4. The van der Waals surface area contributed by atoms with E-state index in [1.807, 2.05) is 0 Å². The summed E-state index contributed by atoms with van der Waals surface area (Å²) >= 11 is 23.4. The molecule has 0 saturated heterocycles. The van der Waals surface area contributed by atoms with Gasteiger partial charge in [0, 0.05) is 0 Å². The molecule has 0 radical (unpaired) electrons. The van der Waals surface area contributed by atoms with Crippen molar-refractivity contribution in [1.82, 2.24) is 4.98 Å². The van der Waals surface area contributed by atoms with Crippen LogP contribution in [0.15, 0.2) is 24.3 Å². The van der Waals surface area contributed by atoms with E-state index in [2.05, 4.69) is 9.72 Å². The number of esters is 2. The third-order valence-corrected chi connectivity index (χ3v) is 4.57. The molecule has 1 aromatic heterocycles. The fourth-order valence-electron chi connectivity index (χ4n) is 1.69. The lowest BCUT2D eigenvalue weighted by molar-refractivity contribution is -0.139. The van der Waals surface area contributed by atoms with Crippen molar-refractivity contribution in [2.24, 2.45) is 0 Å². The number of pyridine rings is 1. The summed E-state index contributed by atoms with van der Waals surface area (Å²) in [5.74, 6) is -0.990. The smallest absolute Gasteiger partial charge is 0.364 e. The zero-order valence-corrected chi connectivity index (χ0v) is 15.1. The van der Waals surface area contributed by atoms with Gasteiger partial charge in [0.2, 0.25) is 0 Å². The zero-order valence-electron chi connectivity index (χ0n) is 12.1. The molecule has 0 unspecified atom stereocenters. The number of carbonyl (C=O) groups excluding carboxylic acids is 2. The predicted molar refractivity (Wildman–Crippen MR) is 91.4 cm³/mol. The van der Waals surface area contributed by atoms with Gasteiger partial charge in [0.05, 0.1) is 28.6 Å². The van der Waals surface area contributed by atoms with Crippen LogP contribution in [-0.2, 0) is 16.0 Å². The molecule has 1 heterocycles. The number of halogens is 4. The Kier molecular flexibility index (Phi) is 6.29. The second-order valence-electron chi connectivity index (χ2n) is 4.48. The SMILES string of the molecule is COC(=O)Cc1ccc(OC(=O)c2nc(Cl)c(Cl)c(Cl)c2Cl)cc1. The van der Waals surface area contributed by atoms with Crippen LogP contribution in [0.25, 0.3) is 0 Å². The van der Waals surface area contributed by atoms with Crippen molar-refractivity contribution in [1.29, 1.82) is 0 Å². The van der Waals surface area contributed by atoms with Crippen molar-refractivity contribution in [3.05, 3.63) is 55.7 Å². The first-order chi connectivity index (χ1) is 11.3. The van der Waals surface area contributed by atoms with Crippen LogP contribution in [0, 0.1) is 0 Å². The number of aromatic nitrogens is 1. The van der Waals surface area contributed by atoms with E-state index >= 15 is 0 Å². The molecule has 2 aromatic rings. The Hall–Kier alpha value is -1.53. The van der Waals surface area contributed by atoms with Crippen LogP contribution in [0.5, 0.6) is 5.75 Å². The molecule has 24 heavy (non-hydrogen) atoms. The molecule has 0 N–H and O–H groups in total. The summed E-state index contributed by atoms with van der Waals surface area (Å²) in [7, 11) is 1.30. The van der Waals surface area contributed by atoms with Crippen LogP contribution in [0.3, 0.4) is 0 Å². The first kappa shape index (κ1) is 18.8. The van der Waals surface area contributed by atoms with Crippen LogP contribution in [0.1, 0.15) is 16.1 Å². The third-order valence-electron chi connectivity index (χ3n) is 2.89. The maximum atomic E-state index is 12.2. The van der Waals surface area contributed by atoms with Crippen LogP contribution in [-0.4, -0.2) is 24.0 Å². The van der Waals surface area contributed by atoms with Crippen molar-refractivity contribution in [3.8, 4) is 5.75 Å². The van der Waals surface area contributed by atoms with E-state index in [4.69, 9.17) is 51.1 Å². The molecule has 0 fully saturated rings. The minimum atomic E-state index is -0.846. The number of hydrogen-bond donors (Lipinski definition) is 0. The second-order valence-corrected chi connectivity index (χ2v) is 5.97. The molecule has 5 nitrogen and oxygen atoms in total. The molecule has 0 saturated carbocycles. The van der Waals surface area contributed by atoms with Gasteiger partial charge < -0.3 is 9.47 Å². The average Bonchev–Trinajstić information content (AvgIpc) is 2.57. The van der Waals surface area contributed by atoms with E-state index in [1.54, 1.807) is 12.1 Å². The molecule has 0 bridgehead atoms. The summed E-state index contributed by atoms with van der Waals surface area (Å²) in [5, 5.41) is -0.449. The van der Waals surface area contributed by atoms with Crippen molar-refractivity contribution in [2.45, 2.75) is 6.42 Å². The number of methoxy groups -OCH3 is 1. The lowest BCUT2D eigenvalue weighted by Crippen LogP contribution is -2.12. The summed E-state index contributed by atoms with van der Waals surface area (Å²) in [6, 6.07) is 6.28. The highest BCUT2D eigenvalue weighted by molar-refractivity contribution is 6.52. The number of ether oxygens (including phenoxy) is 2. The number of benzene rings is 1. The molecule has 0 aliphatic heterocycles. The second kappa shape index (κ2) is 8.03. The zero-order chi connectivity index (χ0) is 17.9. The Labute approximate surface area is 157 Å². The minimum Gasteiger partial charge on any atom is -0.469 e. The van der Waals surface area contributed by atoms with Gasteiger partial charge in [-0.3, -0.25) is 4.79 Å². The van der Waals surface area contributed by atoms with Gasteiger partial charge in [-0.15, -0.1) is 0 Å². The highest BCUT2D eigenvalue weighted by Crippen LogP contribution is 2.36. The van der Waals surface area contributed by atoms with Crippen molar-refractivity contribution in [3.63, 3.8) is 0 Å². The number of nitrogens with zero attached hydrogens (tertiary/aromatic N) is 1. The molecule has 126 valence electrons. The molecule has 0 aliphatic carbocycles. The van der Waals surface area contributed by atoms with E-state index in [-0.39, 0.29) is 44.1 Å². The Morgan fingerprint density at radius 1 is 1.00 bits per heavy atom. The highest BCUT2D eigenvalue weighted by Gasteiger charge is 2.22. The van der Waals surface area contributed by atoms with Gasteiger partial charge in [-0.05, 0) is 17.7 Å². The minimum absolute atomic E-state index is 0.0490. The fourth-order valence-corrected chi connectivity index (χ4v) is 2.50. The van der Waals surface area contributed by atoms with Crippen LogP contribution in [0.2, 0.25) is 20.2 Å². The van der Waals surface area contributed by atoms with E-state index in [1.165, 1.54) is 19.2 Å². The van der Waals surface area contributed by atoms with Gasteiger partial charge in [0.1, 0.15) is 10.9 Å². The van der Waals surface area contributed by atoms with E-state index < -0.39 is 5.97 Å². The summed E-state index contributed by atoms with van der Waals surface area (Å²) in [5.41, 5.74) is 0.449. The Morgan fingerprint density at radius 2 is 1.62 bits per heavy atom. The Balaban J connectivity index is 2.17. The summed E-state index contributed by atoms with van der Waals surface area (Å²) in [6.45, 7) is 0. The Bertz CT molecular complexity index is 793. The topological polar surface area (TPSA) is 65.5 Å². The van der Waals surface area contributed by atoms with Crippen LogP contribution >= 0.6 is 46.4 Å². The first-order valence-corrected chi connectivity index (χ1v) is 7.92. The molecule has 0 aliphatic rings. The molecule has 0 amide bonds. The monoisotopic (exact) mass is 407 g/mol. The van der Waals surface area contributed by atoms with Gasteiger partial charge in [0.15, 0.2) is 5.69 Å². The molecule has 9 heteroatoms. The van der Waals surface area contributed by atoms with Crippen molar-refractivity contribution in [2.75, 3.05) is 7.11 Å². The summed E-state index contributed by atoms with van der Waals surface area (Å²) in [4.78, 5) is 27.1. The standard InChI is InChI=1S/C15H9Cl4NO4/c1-23-9(21)6-7-2-4-8(5-3-7)24-15(22)13-11(17)10(16)12(18)14(19)20-13/h2-5H,6H2,1H3. The van der Waals surface area contributed by atoms with Crippen LogP contribution in [0.4, 0.5) is 0 Å². The normalized spacial score (nSPS) is 10.4. The molecular weight excluding hydrogens is 400 g/mol. The van der Waals surface area contributed by atoms with E-state index in [0.717, 1.165) is 0 Å². The van der Waals surface area contributed by atoms with Crippen molar-refractivity contribution < 1.29 is 19.1 Å². The maximum Gasteiger partial charge on any atom is 0.364 e. The van der Waals surface area contributed by atoms with Gasteiger partial charge in [-0.1, -0.05) is 58.5 Å². The number of hydrogen-bond acceptors (Lipinski definition) is 5. The third kappa shape index (κ3) is 4.30. The number of carbonyl (C=O) groups is 2. The summed E-state index contributed by atoms with van der Waals surface area (Å²) < 4.78 is 9.72. The lowest BCUT2D eigenvalue weighted by atomic mass is 10.1. The molecule has 1 aromatic carbocycles. The average molecular weight is 409 g/mol. The van der Waals surface area contributed by atoms with Gasteiger partial charge in [0.25, 0.3) is 0 Å². The van der Waals surface area contributed by atoms with E-state index in [9.17, 15) is 9.59 Å². The van der Waals surface area contributed by atoms with Gasteiger partial charge >= 0.3 is 11.9 Å². The van der Waals surface area contributed by atoms with Crippen LogP contribution < -0.4 is 4.74 Å². The van der Waals surface area contributed by atoms with Gasteiger partial charge in [-0.25, -0.2) is 9.78 Å². The maximum absolute atomic E-state index is 12.2.